The van der Waals surface area contributed by atoms with Crippen molar-refractivity contribution in [1.82, 2.24) is 9.97 Å². The van der Waals surface area contributed by atoms with Crippen molar-refractivity contribution in [3.8, 4) is 0 Å². The molecule has 1 aliphatic rings. The molecule has 0 spiro atoms. The summed E-state index contributed by atoms with van der Waals surface area (Å²) in [6.07, 6.45) is -0.424. The summed E-state index contributed by atoms with van der Waals surface area (Å²) in [5.74, 6) is -0.0604. The maximum Gasteiger partial charge on any atom is 0.223 e. The summed E-state index contributed by atoms with van der Waals surface area (Å²) in [6, 6.07) is 5.74. The first-order valence-electron chi connectivity index (χ1n) is 8.20. The Bertz CT molecular complexity index is 834. The molecule has 0 amide bonds. The standard InChI is InChI=1S/C16H19Cl2N7O2/c17-8-1-3-9(4-2-8)24-25-12-14(18)22-16(20)23-15(12)21-10-5-7(6-26)11(19)13(10)27/h1-4,7,10-11,13,26-27H,5-6,19H2,(H3,20,21,22,23)/t7-,10-,11-,13+/m1/s1. The second kappa shape index (κ2) is 8.32. The van der Waals surface area contributed by atoms with Crippen LogP contribution in [-0.4, -0.2) is 45.0 Å². The molecule has 1 aliphatic carbocycles. The molecule has 1 aromatic heterocycles. The fraction of sp³-hybridized carbons (Fsp3) is 0.375. The number of nitrogens with one attached hydrogen (secondary N) is 1. The zero-order valence-corrected chi connectivity index (χ0v) is 15.6. The van der Waals surface area contributed by atoms with Crippen LogP contribution in [0.15, 0.2) is 34.5 Å². The lowest BCUT2D eigenvalue weighted by Crippen LogP contribution is -2.41. The molecule has 27 heavy (non-hydrogen) atoms. The number of aliphatic hydroxyl groups excluding tert-OH is 2. The van der Waals surface area contributed by atoms with Gasteiger partial charge in [-0.25, -0.2) is 0 Å². The molecule has 1 saturated carbocycles. The molecular formula is C16H19Cl2N7O2. The number of rotatable bonds is 5. The van der Waals surface area contributed by atoms with E-state index in [0.29, 0.717) is 17.1 Å². The van der Waals surface area contributed by atoms with Gasteiger partial charge >= 0.3 is 0 Å². The van der Waals surface area contributed by atoms with Gasteiger partial charge in [-0.05, 0) is 30.7 Å². The fourth-order valence-electron chi connectivity index (χ4n) is 2.93. The van der Waals surface area contributed by atoms with E-state index in [-0.39, 0.29) is 35.1 Å². The van der Waals surface area contributed by atoms with E-state index in [1.165, 1.54) is 0 Å². The van der Waals surface area contributed by atoms with E-state index in [1.807, 2.05) is 0 Å². The molecule has 0 radical (unpaired) electrons. The molecule has 144 valence electrons. The average molecular weight is 412 g/mol. The predicted molar refractivity (Wildman–Crippen MR) is 104 cm³/mol. The molecule has 1 aromatic carbocycles. The third kappa shape index (κ3) is 4.45. The van der Waals surface area contributed by atoms with Crippen LogP contribution in [0.4, 0.5) is 23.1 Å². The Balaban J connectivity index is 1.88. The molecule has 1 heterocycles. The summed E-state index contributed by atoms with van der Waals surface area (Å²) in [7, 11) is 0. The second-order valence-electron chi connectivity index (χ2n) is 6.24. The Morgan fingerprint density at radius 1 is 1.19 bits per heavy atom. The first-order chi connectivity index (χ1) is 12.9. The largest absolute Gasteiger partial charge is 0.396 e. The molecular weight excluding hydrogens is 393 g/mol. The highest BCUT2D eigenvalue weighted by Gasteiger charge is 2.40. The number of hydrogen-bond donors (Lipinski definition) is 5. The van der Waals surface area contributed by atoms with Gasteiger partial charge in [0.05, 0.1) is 17.8 Å². The van der Waals surface area contributed by atoms with Gasteiger partial charge in [-0.15, -0.1) is 5.11 Å². The lowest BCUT2D eigenvalue weighted by atomic mass is 10.1. The van der Waals surface area contributed by atoms with Gasteiger partial charge in [0.1, 0.15) is 0 Å². The highest BCUT2D eigenvalue weighted by Crippen LogP contribution is 2.35. The number of aliphatic hydroxyl groups is 2. The molecule has 0 aliphatic heterocycles. The van der Waals surface area contributed by atoms with Gasteiger partial charge in [0, 0.05) is 23.6 Å². The molecule has 4 atom stereocenters. The van der Waals surface area contributed by atoms with Gasteiger partial charge in [-0.1, -0.05) is 23.2 Å². The van der Waals surface area contributed by atoms with Crippen LogP contribution in [0.2, 0.25) is 10.2 Å². The van der Waals surface area contributed by atoms with Gasteiger partial charge in [-0.3, -0.25) is 0 Å². The van der Waals surface area contributed by atoms with Crippen LogP contribution in [0.5, 0.6) is 0 Å². The fourth-order valence-corrected chi connectivity index (χ4v) is 3.27. The minimum atomic E-state index is -0.877. The smallest absolute Gasteiger partial charge is 0.223 e. The van der Waals surface area contributed by atoms with Crippen molar-refractivity contribution in [1.29, 1.82) is 0 Å². The van der Waals surface area contributed by atoms with Crippen LogP contribution < -0.4 is 16.8 Å². The summed E-state index contributed by atoms with van der Waals surface area (Å²) >= 11 is 12.0. The molecule has 2 aromatic rings. The Labute approximate surface area is 165 Å². The van der Waals surface area contributed by atoms with Crippen molar-refractivity contribution in [3.05, 3.63) is 34.4 Å². The van der Waals surface area contributed by atoms with Crippen LogP contribution in [-0.2, 0) is 0 Å². The number of nitrogens with two attached hydrogens (primary N) is 2. The van der Waals surface area contributed by atoms with Crippen LogP contribution in [0.25, 0.3) is 0 Å². The Morgan fingerprint density at radius 2 is 1.89 bits per heavy atom. The number of azo groups is 1. The van der Waals surface area contributed by atoms with Crippen molar-refractivity contribution in [2.24, 2.45) is 21.9 Å². The van der Waals surface area contributed by atoms with Crippen LogP contribution >= 0.6 is 23.2 Å². The molecule has 11 heteroatoms. The van der Waals surface area contributed by atoms with Gasteiger partial charge in [0.15, 0.2) is 16.7 Å². The predicted octanol–water partition coefficient (Wildman–Crippen LogP) is 2.26. The lowest BCUT2D eigenvalue weighted by molar-refractivity contribution is 0.134. The zero-order chi connectivity index (χ0) is 19.6. The highest BCUT2D eigenvalue weighted by molar-refractivity contribution is 6.32. The minimum absolute atomic E-state index is 0.0122. The van der Waals surface area contributed by atoms with Crippen LogP contribution in [0, 0.1) is 5.92 Å². The summed E-state index contributed by atoms with van der Waals surface area (Å²) in [5, 5.41) is 31.6. The van der Waals surface area contributed by atoms with Crippen molar-refractivity contribution in [3.63, 3.8) is 0 Å². The monoisotopic (exact) mass is 411 g/mol. The van der Waals surface area contributed by atoms with Crippen molar-refractivity contribution in [2.75, 3.05) is 17.7 Å². The van der Waals surface area contributed by atoms with Gasteiger partial charge in [-0.2, -0.15) is 15.1 Å². The van der Waals surface area contributed by atoms with E-state index < -0.39 is 18.2 Å². The van der Waals surface area contributed by atoms with Crippen molar-refractivity contribution >= 4 is 46.3 Å². The summed E-state index contributed by atoms with van der Waals surface area (Å²) < 4.78 is 0. The normalized spacial score (nSPS) is 25.2. The van der Waals surface area contributed by atoms with Crippen LogP contribution in [0.1, 0.15) is 6.42 Å². The zero-order valence-electron chi connectivity index (χ0n) is 14.1. The van der Waals surface area contributed by atoms with E-state index in [4.69, 9.17) is 34.7 Å². The first-order valence-corrected chi connectivity index (χ1v) is 8.96. The van der Waals surface area contributed by atoms with Gasteiger partial charge in [0.25, 0.3) is 0 Å². The quantitative estimate of drug-likeness (QED) is 0.373. The third-order valence-electron chi connectivity index (χ3n) is 4.42. The first kappa shape index (κ1) is 19.7. The Kier molecular flexibility index (Phi) is 6.08. The highest BCUT2D eigenvalue weighted by atomic mass is 35.5. The average Bonchev–Trinajstić information content (AvgIpc) is 2.90. The number of hydrogen-bond acceptors (Lipinski definition) is 9. The van der Waals surface area contributed by atoms with Crippen molar-refractivity contribution in [2.45, 2.75) is 24.6 Å². The number of halogens is 2. The number of anilines is 2. The Morgan fingerprint density at radius 3 is 2.52 bits per heavy atom. The number of nitrogens with zero attached hydrogens (tertiary/aromatic N) is 4. The number of benzene rings is 1. The van der Waals surface area contributed by atoms with E-state index >= 15 is 0 Å². The van der Waals surface area contributed by atoms with Crippen LogP contribution in [0.3, 0.4) is 0 Å². The third-order valence-corrected chi connectivity index (χ3v) is 4.93. The summed E-state index contributed by atoms with van der Waals surface area (Å²) in [4.78, 5) is 8.01. The summed E-state index contributed by atoms with van der Waals surface area (Å²) in [5.41, 5.74) is 12.3. The van der Waals surface area contributed by atoms with E-state index in [2.05, 4.69) is 25.5 Å². The minimum Gasteiger partial charge on any atom is -0.396 e. The lowest BCUT2D eigenvalue weighted by Gasteiger charge is -2.20. The summed E-state index contributed by atoms with van der Waals surface area (Å²) in [6.45, 7) is -0.119. The molecule has 0 unspecified atom stereocenters. The van der Waals surface area contributed by atoms with E-state index in [9.17, 15) is 10.2 Å². The molecule has 1 fully saturated rings. The maximum absolute atomic E-state index is 10.3. The SMILES string of the molecule is Nc1nc(Cl)c(N=Nc2ccc(Cl)cc2)c(N[C@@H]2C[C@H](CO)[C@@H](N)[C@H]2O)n1. The van der Waals surface area contributed by atoms with Gasteiger partial charge in [0.2, 0.25) is 5.95 Å². The molecule has 0 bridgehead atoms. The number of nitrogen functional groups attached to an aromatic ring is 1. The molecule has 9 nitrogen and oxygen atoms in total. The second-order valence-corrected chi connectivity index (χ2v) is 7.04. The Hall–Kier alpha value is -2.04. The molecule has 7 N–H and O–H groups in total. The molecule has 3 rings (SSSR count). The van der Waals surface area contributed by atoms with Gasteiger partial charge < -0.3 is 27.0 Å². The van der Waals surface area contributed by atoms with E-state index in [1.54, 1.807) is 24.3 Å². The number of aromatic nitrogens is 2. The maximum atomic E-state index is 10.3. The molecule has 0 saturated heterocycles. The van der Waals surface area contributed by atoms with E-state index in [0.717, 1.165) is 0 Å². The topological polar surface area (TPSA) is 155 Å². The van der Waals surface area contributed by atoms with Crippen molar-refractivity contribution < 1.29 is 10.2 Å².